The van der Waals surface area contributed by atoms with Crippen LogP contribution in [0.25, 0.3) is 0 Å². The van der Waals surface area contributed by atoms with E-state index < -0.39 is 0 Å². The van der Waals surface area contributed by atoms with E-state index in [4.69, 9.17) is 16.3 Å². The van der Waals surface area contributed by atoms with Gasteiger partial charge in [0.15, 0.2) is 0 Å². The number of benzene rings is 2. The summed E-state index contributed by atoms with van der Waals surface area (Å²) in [4.78, 5) is 0. The molecule has 1 heterocycles. The van der Waals surface area contributed by atoms with Crippen molar-refractivity contribution in [1.29, 1.82) is 0 Å². The molecule has 2 nitrogen and oxygen atoms in total. The van der Waals surface area contributed by atoms with Gasteiger partial charge in [-0.3, -0.25) is 0 Å². The fourth-order valence-electron chi connectivity index (χ4n) is 3.19. The van der Waals surface area contributed by atoms with Crippen LogP contribution in [-0.4, -0.2) is 20.2 Å². The summed E-state index contributed by atoms with van der Waals surface area (Å²) in [5.41, 5.74) is 2.70. The van der Waals surface area contributed by atoms with Crippen molar-refractivity contribution in [2.75, 3.05) is 20.2 Å². The zero-order chi connectivity index (χ0) is 14.7. The van der Waals surface area contributed by atoms with E-state index in [0.717, 1.165) is 30.3 Å². The summed E-state index contributed by atoms with van der Waals surface area (Å²) >= 11 is 6.01. The number of halogens is 1. The molecule has 0 radical (unpaired) electrons. The smallest absolute Gasteiger partial charge is 0.119 e. The topological polar surface area (TPSA) is 21.3 Å². The molecule has 1 aliphatic rings. The summed E-state index contributed by atoms with van der Waals surface area (Å²) in [6.07, 6.45) is 1.14. The average Bonchev–Trinajstić information content (AvgIpc) is 2.56. The minimum absolute atomic E-state index is 0.475. The van der Waals surface area contributed by atoms with E-state index in [0.29, 0.717) is 11.8 Å². The summed E-state index contributed by atoms with van der Waals surface area (Å²) in [6.45, 7) is 2.06. The van der Waals surface area contributed by atoms with Gasteiger partial charge in [0.05, 0.1) is 7.11 Å². The second-order valence-electron chi connectivity index (χ2n) is 5.53. The molecular formula is C18H20ClNO. The first kappa shape index (κ1) is 14.4. The Morgan fingerprint density at radius 2 is 1.86 bits per heavy atom. The van der Waals surface area contributed by atoms with Crippen LogP contribution >= 0.6 is 11.6 Å². The number of piperidine rings is 1. The van der Waals surface area contributed by atoms with Gasteiger partial charge in [0.2, 0.25) is 0 Å². The van der Waals surface area contributed by atoms with Gasteiger partial charge in [-0.05, 0) is 54.3 Å². The first-order chi connectivity index (χ1) is 10.3. The van der Waals surface area contributed by atoms with E-state index in [9.17, 15) is 0 Å². The highest BCUT2D eigenvalue weighted by Crippen LogP contribution is 2.38. The van der Waals surface area contributed by atoms with Gasteiger partial charge >= 0.3 is 0 Å². The molecule has 0 amide bonds. The van der Waals surface area contributed by atoms with Crippen LogP contribution in [0.15, 0.2) is 48.5 Å². The molecule has 2 aromatic rings. The van der Waals surface area contributed by atoms with Crippen LogP contribution in [0.5, 0.6) is 5.75 Å². The van der Waals surface area contributed by atoms with Gasteiger partial charge in [-0.25, -0.2) is 0 Å². The third-order valence-corrected chi connectivity index (χ3v) is 4.55. The third kappa shape index (κ3) is 3.22. The lowest BCUT2D eigenvalue weighted by atomic mass is 9.77. The maximum Gasteiger partial charge on any atom is 0.119 e. The van der Waals surface area contributed by atoms with Crippen LogP contribution in [0.1, 0.15) is 29.4 Å². The minimum atomic E-state index is 0.475. The third-order valence-electron chi connectivity index (χ3n) is 4.30. The lowest BCUT2D eigenvalue weighted by Crippen LogP contribution is -2.34. The van der Waals surface area contributed by atoms with E-state index in [1.807, 2.05) is 18.2 Å². The Morgan fingerprint density at radius 1 is 1.05 bits per heavy atom. The highest BCUT2D eigenvalue weighted by molar-refractivity contribution is 6.30. The zero-order valence-corrected chi connectivity index (χ0v) is 12.9. The number of hydrogen-bond acceptors (Lipinski definition) is 2. The van der Waals surface area contributed by atoms with Gasteiger partial charge in [0.25, 0.3) is 0 Å². The van der Waals surface area contributed by atoms with Crippen molar-refractivity contribution in [3.8, 4) is 5.75 Å². The Hall–Kier alpha value is -1.51. The molecule has 1 N–H and O–H groups in total. The van der Waals surface area contributed by atoms with Gasteiger partial charge in [0.1, 0.15) is 5.75 Å². The molecule has 2 aromatic carbocycles. The fraction of sp³-hybridized carbons (Fsp3) is 0.333. The monoisotopic (exact) mass is 301 g/mol. The quantitative estimate of drug-likeness (QED) is 0.917. The number of ether oxygens (including phenoxy) is 1. The predicted molar refractivity (Wildman–Crippen MR) is 87.4 cm³/mol. The molecule has 1 fully saturated rings. The molecule has 3 heteroatoms. The van der Waals surface area contributed by atoms with Gasteiger partial charge in [-0.2, -0.15) is 0 Å². The van der Waals surface area contributed by atoms with Crippen LogP contribution in [0, 0.1) is 0 Å². The maximum absolute atomic E-state index is 6.01. The van der Waals surface area contributed by atoms with Crippen LogP contribution in [0.4, 0.5) is 0 Å². The Morgan fingerprint density at radius 3 is 2.62 bits per heavy atom. The van der Waals surface area contributed by atoms with E-state index >= 15 is 0 Å². The summed E-state index contributed by atoms with van der Waals surface area (Å²) in [6, 6.07) is 16.7. The van der Waals surface area contributed by atoms with Gasteiger partial charge in [-0.15, -0.1) is 0 Å². The molecule has 0 spiro atoms. The first-order valence-electron chi connectivity index (χ1n) is 7.38. The second-order valence-corrected chi connectivity index (χ2v) is 5.97. The molecule has 2 unspecified atom stereocenters. The molecule has 0 bridgehead atoms. The molecule has 1 aliphatic heterocycles. The average molecular weight is 302 g/mol. The molecule has 110 valence electrons. The SMILES string of the molecule is COc1cccc(C2CCNCC2c2ccc(Cl)cc2)c1. The first-order valence-corrected chi connectivity index (χ1v) is 7.76. The minimum Gasteiger partial charge on any atom is -0.497 e. The van der Waals surface area contributed by atoms with Crippen molar-refractivity contribution in [1.82, 2.24) is 5.32 Å². The normalized spacial score (nSPS) is 22.0. The Balaban J connectivity index is 1.92. The second kappa shape index (κ2) is 6.50. The molecule has 2 atom stereocenters. The van der Waals surface area contributed by atoms with Crippen molar-refractivity contribution in [2.24, 2.45) is 0 Å². The van der Waals surface area contributed by atoms with E-state index in [-0.39, 0.29) is 0 Å². The summed E-state index contributed by atoms with van der Waals surface area (Å²) in [5, 5.41) is 4.30. The molecule has 0 saturated carbocycles. The molecule has 1 saturated heterocycles. The van der Waals surface area contributed by atoms with Gasteiger partial charge < -0.3 is 10.1 Å². The lowest BCUT2D eigenvalue weighted by molar-refractivity contribution is 0.396. The number of nitrogens with one attached hydrogen (secondary N) is 1. The van der Waals surface area contributed by atoms with Crippen molar-refractivity contribution in [3.63, 3.8) is 0 Å². The predicted octanol–water partition coefficient (Wildman–Crippen LogP) is 4.21. The Kier molecular flexibility index (Phi) is 4.47. The largest absolute Gasteiger partial charge is 0.497 e. The zero-order valence-electron chi connectivity index (χ0n) is 12.2. The van der Waals surface area contributed by atoms with E-state index in [1.165, 1.54) is 11.1 Å². The van der Waals surface area contributed by atoms with Crippen molar-refractivity contribution in [2.45, 2.75) is 18.3 Å². The molecule has 0 aliphatic carbocycles. The standard InChI is InChI=1S/C18H20ClNO/c1-21-16-4-2-3-14(11-16)17-9-10-20-12-18(17)13-5-7-15(19)8-6-13/h2-8,11,17-18,20H,9-10,12H2,1H3. The van der Waals surface area contributed by atoms with E-state index in [2.05, 4.69) is 35.6 Å². The van der Waals surface area contributed by atoms with Crippen molar-refractivity contribution in [3.05, 3.63) is 64.7 Å². The maximum atomic E-state index is 6.01. The van der Waals surface area contributed by atoms with Gasteiger partial charge in [0, 0.05) is 17.5 Å². The summed E-state index contributed by atoms with van der Waals surface area (Å²) in [7, 11) is 1.72. The fourth-order valence-corrected chi connectivity index (χ4v) is 3.32. The summed E-state index contributed by atoms with van der Waals surface area (Å²) in [5.74, 6) is 1.92. The highest BCUT2D eigenvalue weighted by Gasteiger charge is 2.27. The summed E-state index contributed by atoms with van der Waals surface area (Å²) < 4.78 is 5.37. The number of methoxy groups -OCH3 is 1. The molecule has 3 rings (SSSR count). The van der Waals surface area contributed by atoms with Crippen LogP contribution in [-0.2, 0) is 0 Å². The number of rotatable bonds is 3. The van der Waals surface area contributed by atoms with Gasteiger partial charge in [-0.1, -0.05) is 35.9 Å². The van der Waals surface area contributed by atoms with Crippen molar-refractivity contribution < 1.29 is 4.74 Å². The van der Waals surface area contributed by atoms with Crippen molar-refractivity contribution >= 4 is 11.6 Å². The Labute approximate surface area is 131 Å². The Bertz CT molecular complexity index is 596. The molecule has 21 heavy (non-hydrogen) atoms. The molecule has 0 aromatic heterocycles. The highest BCUT2D eigenvalue weighted by atomic mass is 35.5. The van der Waals surface area contributed by atoms with Crippen LogP contribution in [0.3, 0.4) is 0 Å². The molecular weight excluding hydrogens is 282 g/mol. The lowest BCUT2D eigenvalue weighted by Gasteiger charge is -2.33. The van der Waals surface area contributed by atoms with Crippen LogP contribution in [0.2, 0.25) is 5.02 Å². The van der Waals surface area contributed by atoms with Crippen LogP contribution < -0.4 is 10.1 Å². The number of hydrogen-bond donors (Lipinski definition) is 1. The van der Waals surface area contributed by atoms with E-state index in [1.54, 1.807) is 7.11 Å².